The third-order valence-corrected chi connectivity index (χ3v) is 3.06. The van der Waals surface area contributed by atoms with Crippen molar-refractivity contribution in [1.82, 2.24) is 0 Å². The van der Waals surface area contributed by atoms with Gasteiger partial charge in [0.25, 0.3) is 0 Å². The lowest BCUT2D eigenvalue weighted by Crippen LogP contribution is -1.99. The molecule has 2 aromatic rings. The van der Waals surface area contributed by atoms with Crippen LogP contribution in [0.2, 0.25) is 0 Å². The largest absolute Gasteiger partial charge is 0.488 e. The Bertz CT molecular complexity index is 607. The molecule has 0 aliphatic rings. The molecule has 0 aromatic heterocycles. The highest BCUT2D eigenvalue weighted by Gasteiger charge is 2.05. The quantitative estimate of drug-likeness (QED) is 0.857. The zero-order valence-electron chi connectivity index (χ0n) is 9.36. The molecule has 0 spiro atoms. The van der Waals surface area contributed by atoms with Crippen molar-refractivity contribution < 1.29 is 9.13 Å². The zero-order valence-corrected chi connectivity index (χ0v) is 10.9. The maximum absolute atomic E-state index is 13.6. The molecule has 0 fully saturated rings. The SMILES string of the molecule is N#Cc1ccc(COc2ccccc2Br)c(F)c1. The van der Waals surface area contributed by atoms with Crippen LogP contribution in [0.15, 0.2) is 46.9 Å². The van der Waals surface area contributed by atoms with Gasteiger partial charge in [-0.2, -0.15) is 5.26 Å². The van der Waals surface area contributed by atoms with Crippen LogP contribution in [-0.2, 0) is 6.61 Å². The molecule has 0 amide bonds. The molecule has 0 saturated heterocycles. The van der Waals surface area contributed by atoms with Crippen LogP contribution in [-0.4, -0.2) is 0 Å². The van der Waals surface area contributed by atoms with Crippen LogP contribution in [0.1, 0.15) is 11.1 Å². The van der Waals surface area contributed by atoms with Crippen molar-refractivity contribution in [3.8, 4) is 11.8 Å². The first kappa shape index (κ1) is 12.6. The molecule has 90 valence electrons. The molecule has 18 heavy (non-hydrogen) atoms. The second-order valence-electron chi connectivity index (χ2n) is 3.64. The number of ether oxygens (including phenoxy) is 1. The molecule has 2 aromatic carbocycles. The minimum atomic E-state index is -0.430. The van der Waals surface area contributed by atoms with E-state index in [0.717, 1.165) is 4.47 Å². The molecule has 4 heteroatoms. The lowest BCUT2D eigenvalue weighted by Gasteiger charge is -2.08. The Balaban J connectivity index is 2.12. The van der Waals surface area contributed by atoms with Crippen molar-refractivity contribution in [1.29, 1.82) is 5.26 Å². The second kappa shape index (κ2) is 5.65. The summed E-state index contributed by atoms with van der Waals surface area (Å²) in [5.74, 6) is 0.224. The van der Waals surface area contributed by atoms with Gasteiger partial charge in [-0.25, -0.2) is 4.39 Å². The fourth-order valence-electron chi connectivity index (χ4n) is 1.45. The first-order chi connectivity index (χ1) is 8.70. The van der Waals surface area contributed by atoms with E-state index in [0.29, 0.717) is 16.9 Å². The highest BCUT2D eigenvalue weighted by Crippen LogP contribution is 2.25. The van der Waals surface area contributed by atoms with E-state index in [9.17, 15) is 4.39 Å². The Morgan fingerprint density at radius 3 is 2.67 bits per heavy atom. The molecule has 0 heterocycles. The van der Waals surface area contributed by atoms with E-state index in [4.69, 9.17) is 10.00 Å². The Labute approximate surface area is 113 Å². The molecule has 0 saturated carbocycles. The maximum Gasteiger partial charge on any atom is 0.133 e. The Morgan fingerprint density at radius 1 is 1.22 bits per heavy atom. The molecule has 0 radical (unpaired) electrons. The third-order valence-electron chi connectivity index (χ3n) is 2.40. The number of hydrogen-bond donors (Lipinski definition) is 0. The standard InChI is InChI=1S/C14H9BrFNO/c15-12-3-1-2-4-14(12)18-9-11-6-5-10(8-17)7-13(11)16/h1-7H,9H2. The van der Waals surface area contributed by atoms with Gasteiger partial charge in [0.1, 0.15) is 18.2 Å². The number of nitrogens with zero attached hydrogens (tertiary/aromatic N) is 1. The van der Waals surface area contributed by atoms with Gasteiger partial charge in [-0.05, 0) is 40.2 Å². The number of benzene rings is 2. The number of hydrogen-bond acceptors (Lipinski definition) is 2. The molecular formula is C14H9BrFNO. The van der Waals surface area contributed by atoms with E-state index in [1.807, 2.05) is 24.3 Å². The van der Waals surface area contributed by atoms with E-state index in [2.05, 4.69) is 15.9 Å². The van der Waals surface area contributed by atoms with Crippen molar-refractivity contribution in [2.45, 2.75) is 6.61 Å². The first-order valence-corrected chi connectivity index (χ1v) is 6.06. The van der Waals surface area contributed by atoms with E-state index in [1.54, 1.807) is 18.2 Å². The molecule has 0 bridgehead atoms. The van der Waals surface area contributed by atoms with Gasteiger partial charge in [-0.1, -0.05) is 18.2 Å². The van der Waals surface area contributed by atoms with Crippen molar-refractivity contribution in [2.24, 2.45) is 0 Å². The van der Waals surface area contributed by atoms with Crippen molar-refractivity contribution in [3.63, 3.8) is 0 Å². The van der Waals surface area contributed by atoms with E-state index in [1.165, 1.54) is 6.07 Å². The normalized spacial score (nSPS) is 9.83. The highest BCUT2D eigenvalue weighted by atomic mass is 79.9. The summed E-state index contributed by atoms with van der Waals surface area (Å²) in [6.07, 6.45) is 0. The summed E-state index contributed by atoms with van der Waals surface area (Å²) >= 11 is 3.35. The van der Waals surface area contributed by atoms with Gasteiger partial charge in [0, 0.05) is 5.56 Å². The average molecular weight is 306 g/mol. The topological polar surface area (TPSA) is 33.0 Å². The third kappa shape index (κ3) is 2.88. The van der Waals surface area contributed by atoms with Gasteiger partial charge in [0.15, 0.2) is 0 Å². The summed E-state index contributed by atoms with van der Waals surface area (Å²) in [7, 11) is 0. The minimum Gasteiger partial charge on any atom is -0.488 e. The maximum atomic E-state index is 13.6. The second-order valence-corrected chi connectivity index (χ2v) is 4.49. The van der Waals surface area contributed by atoms with Gasteiger partial charge in [-0.3, -0.25) is 0 Å². The molecule has 0 atom stereocenters. The Morgan fingerprint density at radius 2 is 2.00 bits per heavy atom. The fraction of sp³-hybridized carbons (Fsp3) is 0.0714. The summed E-state index contributed by atoms with van der Waals surface area (Å²) in [4.78, 5) is 0. The number of halogens is 2. The predicted molar refractivity (Wildman–Crippen MR) is 69.6 cm³/mol. The van der Waals surface area contributed by atoms with Gasteiger partial charge in [0.05, 0.1) is 16.1 Å². The molecule has 0 N–H and O–H groups in total. The average Bonchev–Trinajstić information content (AvgIpc) is 2.39. The first-order valence-electron chi connectivity index (χ1n) is 5.26. The van der Waals surface area contributed by atoms with E-state index >= 15 is 0 Å². The highest BCUT2D eigenvalue weighted by molar-refractivity contribution is 9.10. The molecule has 0 unspecified atom stereocenters. The number of rotatable bonds is 3. The van der Waals surface area contributed by atoms with Gasteiger partial charge in [0.2, 0.25) is 0 Å². The van der Waals surface area contributed by atoms with Gasteiger partial charge >= 0.3 is 0 Å². The fourth-order valence-corrected chi connectivity index (χ4v) is 1.85. The van der Waals surface area contributed by atoms with Crippen LogP contribution in [0.3, 0.4) is 0 Å². The van der Waals surface area contributed by atoms with Crippen molar-refractivity contribution >= 4 is 15.9 Å². The number of nitriles is 1. The van der Waals surface area contributed by atoms with Crippen LogP contribution in [0.5, 0.6) is 5.75 Å². The van der Waals surface area contributed by atoms with Gasteiger partial charge in [-0.15, -0.1) is 0 Å². The predicted octanol–water partition coefficient (Wildman–Crippen LogP) is 4.04. The van der Waals surface area contributed by atoms with Gasteiger partial charge < -0.3 is 4.74 Å². The summed E-state index contributed by atoms with van der Waals surface area (Å²) in [6, 6.07) is 13.6. The van der Waals surface area contributed by atoms with E-state index < -0.39 is 5.82 Å². The van der Waals surface area contributed by atoms with Crippen LogP contribution >= 0.6 is 15.9 Å². The molecule has 2 nitrogen and oxygen atoms in total. The molecule has 0 aliphatic heterocycles. The summed E-state index contributed by atoms with van der Waals surface area (Å²) in [5, 5.41) is 8.64. The van der Waals surface area contributed by atoms with Crippen molar-refractivity contribution in [3.05, 3.63) is 63.9 Å². The molecule has 0 aliphatic carbocycles. The Kier molecular flexibility index (Phi) is 3.96. The van der Waals surface area contributed by atoms with Crippen molar-refractivity contribution in [2.75, 3.05) is 0 Å². The van der Waals surface area contributed by atoms with Crippen LogP contribution in [0.25, 0.3) is 0 Å². The van der Waals surface area contributed by atoms with Crippen LogP contribution in [0, 0.1) is 17.1 Å². The summed E-state index contributed by atoms with van der Waals surface area (Å²) in [5.41, 5.74) is 0.724. The molecular weight excluding hydrogens is 297 g/mol. The molecule has 2 rings (SSSR count). The zero-order chi connectivity index (χ0) is 13.0. The summed E-state index contributed by atoms with van der Waals surface area (Å²) < 4.78 is 19.9. The van der Waals surface area contributed by atoms with E-state index in [-0.39, 0.29) is 6.61 Å². The smallest absolute Gasteiger partial charge is 0.133 e. The summed E-state index contributed by atoms with van der Waals surface area (Å²) in [6.45, 7) is 0.125. The monoisotopic (exact) mass is 305 g/mol. The Hall–Kier alpha value is -1.86. The van der Waals surface area contributed by atoms with Crippen LogP contribution in [0.4, 0.5) is 4.39 Å². The minimum absolute atomic E-state index is 0.125. The lowest BCUT2D eigenvalue weighted by molar-refractivity contribution is 0.298. The lowest BCUT2D eigenvalue weighted by atomic mass is 10.1. The van der Waals surface area contributed by atoms with Crippen LogP contribution < -0.4 is 4.74 Å². The number of para-hydroxylation sites is 1.